The van der Waals surface area contributed by atoms with Crippen molar-refractivity contribution >= 4 is 5.91 Å². The van der Waals surface area contributed by atoms with Gasteiger partial charge in [0.15, 0.2) is 0 Å². The van der Waals surface area contributed by atoms with E-state index in [-0.39, 0.29) is 17.9 Å². The highest BCUT2D eigenvalue weighted by Gasteiger charge is 2.20. The van der Waals surface area contributed by atoms with Crippen LogP contribution in [-0.4, -0.2) is 30.7 Å². The first-order chi connectivity index (χ1) is 6.93. The number of hydrogen-bond donors (Lipinski definition) is 2. The number of nitrogens with two attached hydrogens (primary N) is 1. The van der Waals surface area contributed by atoms with Crippen molar-refractivity contribution in [2.45, 2.75) is 38.8 Å². The molecule has 86 valence electrons. The molecule has 4 nitrogen and oxygen atoms in total. The monoisotopic (exact) mass is 212 g/mol. The summed E-state index contributed by atoms with van der Waals surface area (Å²) in [5, 5.41) is 2.71. The van der Waals surface area contributed by atoms with Gasteiger partial charge in [-0.25, -0.2) is 0 Å². The van der Waals surface area contributed by atoms with Crippen LogP contribution in [0.15, 0.2) is 0 Å². The van der Waals surface area contributed by atoms with E-state index >= 15 is 0 Å². The molecule has 1 amide bonds. The quantitative estimate of drug-likeness (QED) is 0.621. The molecule has 0 radical (unpaired) electrons. The van der Waals surface area contributed by atoms with E-state index in [2.05, 4.69) is 11.2 Å². The van der Waals surface area contributed by atoms with Gasteiger partial charge in [-0.2, -0.15) is 0 Å². The van der Waals surface area contributed by atoms with E-state index < -0.39 is 6.04 Å². The topological polar surface area (TPSA) is 64.4 Å². The Balaban J connectivity index is 3.95. The van der Waals surface area contributed by atoms with Gasteiger partial charge in [-0.3, -0.25) is 4.79 Å². The predicted octanol–water partition coefficient (Wildman–Crippen LogP) is 0.268. The summed E-state index contributed by atoms with van der Waals surface area (Å²) in [6.45, 7) is 6.76. The maximum absolute atomic E-state index is 11.4. The molecule has 0 aromatic carbocycles. The van der Waals surface area contributed by atoms with Crippen LogP contribution in [0.25, 0.3) is 0 Å². The highest BCUT2D eigenvalue weighted by atomic mass is 16.5. The number of carbonyl (C=O) groups is 1. The third-order valence-corrected chi connectivity index (χ3v) is 1.90. The first-order valence-electron chi connectivity index (χ1n) is 5.03. The number of nitrogens with one attached hydrogen (secondary N) is 1. The summed E-state index contributed by atoms with van der Waals surface area (Å²) >= 11 is 0. The Morgan fingerprint density at radius 1 is 1.67 bits per heavy atom. The van der Waals surface area contributed by atoms with Crippen LogP contribution in [0.3, 0.4) is 0 Å². The summed E-state index contributed by atoms with van der Waals surface area (Å²) in [7, 11) is 0. The SMILES string of the molecule is C#CCC(N)C(=O)NCC(C)(C)OCC. The van der Waals surface area contributed by atoms with Crippen LogP contribution >= 0.6 is 0 Å². The third kappa shape index (κ3) is 6.10. The lowest BCUT2D eigenvalue weighted by molar-refractivity contribution is -0.123. The van der Waals surface area contributed by atoms with Gasteiger partial charge in [-0.1, -0.05) is 0 Å². The molecule has 1 atom stereocenters. The average Bonchev–Trinajstić information content (AvgIpc) is 2.14. The van der Waals surface area contributed by atoms with Crippen LogP contribution in [-0.2, 0) is 9.53 Å². The highest BCUT2D eigenvalue weighted by molar-refractivity contribution is 5.81. The zero-order valence-corrected chi connectivity index (χ0v) is 9.67. The van der Waals surface area contributed by atoms with E-state index in [9.17, 15) is 4.79 Å². The van der Waals surface area contributed by atoms with Crippen molar-refractivity contribution in [2.75, 3.05) is 13.2 Å². The van der Waals surface area contributed by atoms with Gasteiger partial charge in [0.25, 0.3) is 0 Å². The minimum Gasteiger partial charge on any atom is -0.374 e. The highest BCUT2D eigenvalue weighted by Crippen LogP contribution is 2.06. The fraction of sp³-hybridized carbons (Fsp3) is 0.727. The Hall–Kier alpha value is -1.05. The molecule has 0 fully saturated rings. The van der Waals surface area contributed by atoms with Crippen molar-refractivity contribution in [3.8, 4) is 12.3 Å². The van der Waals surface area contributed by atoms with Crippen LogP contribution in [0.5, 0.6) is 0 Å². The number of hydrogen-bond acceptors (Lipinski definition) is 3. The molecule has 0 aromatic rings. The molecule has 0 aliphatic carbocycles. The van der Waals surface area contributed by atoms with Gasteiger partial charge in [0, 0.05) is 19.6 Å². The molecule has 0 heterocycles. The fourth-order valence-corrected chi connectivity index (χ4v) is 1.09. The van der Waals surface area contributed by atoms with E-state index in [0.29, 0.717) is 13.2 Å². The molecule has 15 heavy (non-hydrogen) atoms. The van der Waals surface area contributed by atoms with Gasteiger partial charge in [0.2, 0.25) is 5.91 Å². The zero-order chi connectivity index (χ0) is 11.9. The lowest BCUT2D eigenvalue weighted by atomic mass is 10.1. The maximum Gasteiger partial charge on any atom is 0.238 e. The number of ether oxygens (including phenoxy) is 1. The summed E-state index contributed by atoms with van der Waals surface area (Å²) in [5.41, 5.74) is 5.16. The van der Waals surface area contributed by atoms with Crippen molar-refractivity contribution in [2.24, 2.45) is 5.73 Å². The van der Waals surface area contributed by atoms with Crippen molar-refractivity contribution in [3.63, 3.8) is 0 Å². The molecule has 0 spiro atoms. The zero-order valence-electron chi connectivity index (χ0n) is 9.67. The van der Waals surface area contributed by atoms with E-state index in [1.165, 1.54) is 0 Å². The largest absolute Gasteiger partial charge is 0.374 e. The van der Waals surface area contributed by atoms with Gasteiger partial charge >= 0.3 is 0 Å². The second kappa shape index (κ2) is 6.44. The normalized spacial score (nSPS) is 13.0. The molecule has 0 saturated heterocycles. The molecular formula is C11H20N2O2. The minimum atomic E-state index is -0.632. The smallest absolute Gasteiger partial charge is 0.238 e. The molecule has 0 aliphatic heterocycles. The van der Waals surface area contributed by atoms with Crippen LogP contribution in [0.2, 0.25) is 0 Å². The summed E-state index contributed by atoms with van der Waals surface area (Å²) in [4.78, 5) is 11.4. The Bertz CT molecular complexity index is 243. The average molecular weight is 212 g/mol. The first-order valence-corrected chi connectivity index (χ1v) is 5.03. The van der Waals surface area contributed by atoms with Crippen molar-refractivity contribution in [1.82, 2.24) is 5.32 Å². The molecule has 4 heteroatoms. The second-order valence-corrected chi connectivity index (χ2v) is 3.93. The third-order valence-electron chi connectivity index (χ3n) is 1.90. The van der Waals surface area contributed by atoms with Crippen LogP contribution in [0.4, 0.5) is 0 Å². The van der Waals surface area contributed by atoms with Crippen LogP contribution in [0, 0.1) is 12.3 Å². The summed E-state index contributed by atoms with van der Waals surface area (Å²) in [6.07, 6.45) is 5.31. The van der Waals surface area contributed by atoms with Crippen LogP contribution in [0.1, 0.15) is 27.2 Å². The maximum atomic E-state index is 11.4. The number of rotatable bonds is 6. The Morgan fingerprint density at radius 2 is 2.27 bits per heavy atom. The van der Waals surface area contributed by atoms with Crippen molar-refractivity contribution in [3.05, 3.63) is 0 Å². The molecule has 3 N–H and O–H groups in total. The van der Waals surface area contributed by atoms with Crippen LogP contribution < -0.4 is 11.1 Å². The van der Waals surface area contributed by atoms with Crippen molar-refractivity contribution < 1.29 is 9.53 Å². The number of amides is 1. The molecule has 0 aliphatic rings. The van der Waals surface area contributed by atoms with Crippen molar-refractivity contribution in [1.29, 1.82) is 0 Å². The molecule has 0 aromatic heterocycles. The Kier molecular flexibility index (Phi) is 5.99. The molecule has 0 bridgehead atoms. The van der Waals surface area contributed by atoms with E-state index in [1.807, 2.05) is 20.8 Å². The standard InChI is InChI=1S/C11H20N2O2/c1-5-7-9(12)10(14)13-8-11(3,4)15-6-2/h1,9H,6-8,12H2,2-4H3,(H,13,14). The lowest BCUT2D eigenvalue weighted by Crippen LogP contribution is -2.46. The Morgan fingerprint density at radius 3 is 2.73 bits per heavy atom. The van der Waals surface area contributed by atoms with E-state index in [0.717, 1.165) is 0 Å². The van der Waals surface area contributed by atoms with Gasteiger partial charge in [-0.15, -0.1) is 12.3 Å². The van der Waals surface area contributed by atoms with E-state index in [1.54, 1.807) is 0 Å². The number of terminal acetylenes is 1. The van der Waals surface area contributed by atoms with Gasteiger partial charge < -0.3 is 15.8 Å². The van der Waals surface area contributed by atoms with Gasteiger partial charge in [0.1, 0.15) is 0 Å². The molecule has 0 rings (SSSR count). The van der Waals surface area contributed by atoms with Gasteiger partial charge in [0.05, 0.1) is 11.6 Å². The van der Waals surface area contributed by atoms with Gasteiger partial charge in [-0.05, 0) is 20.8 Å². The Labute approximate surface area is 91.6 Å². The van der Waals surface area contributed by atoms with E-state index in [4.69, 9.17) is 16.9 Å². The molecule has 1 unspecified atom stereocenters. The predicted molar refractivity (Wildman–Crippen MR) is 60.1 cm³/mol. The second-order valence-electron chi connectivity index (χ2n) is 3.93. The first kappa shape index (κ1) is 13.9. The minimum absolute atomic E-state index is 0.235. The fourth-order valence-electron chi connectivity index (χ4n) is 1.09. The summed E-state index contributed by atoms with van der Waals surface area (Å²) in [6, 6.07) is -0.632. The lowest BCUT2D eigenvalue weighted by Gasteiger charge is -2.25. The summed E-state index contributed by atoms with van der Waals surface area (Å²) in [5.74, 6) is 2.12. The molecule has 0 saturated carbocycles. The molecular weight excluding hydrogens is 192 g/mol. The summed E-state index contributed by atoms with van der Waals surface area (Å²) < 4.78 is 5.42. The number of carbonyl (C=O) groups excluding carboxylic acids is 1.